The summed E-state index contributed by atoms with van der Waals surface area (Å²) in [5, 5.41) is 0. The Morgan fingerprint density at radius 1 is 1.40 bits per heavy atom. The third-order valence-corrected chi connectivity index (χ3v) is 1.25. The molecule has 1 aromatic rings. The van der Waals surface area contributed by atoms with E-state index < -0.39 is 12.8 Å². The molecule has 0 bridgehead atoms. The molecule has 0 aromatic carbocycles. The molecule has 0 amide bonds. The van der Waals surface area contributed by atoms with Crippen LogP contribution in [0.5, 0.6) is 5.88 Å². The van der Waals surface area contributed by atoms with Gasteiger partial charge in [0.1, 0.15) is 5.82 Å². The van der Waals surface area contributed by atoms with Crippen molar-refractivity contribution in [2.45, 2.75) is 12.7 Å². The fourth-order valence-electron chi connectivity index (χ4n) is 0.715. The van der Waals surface area contributed by atoms with E-state index in [9.17, 15) is 13.2 Å². The van der Waals surface area contributed by atoms with Crippen LogP contribution in [0.1, 0.15) is 5.82 Å². The Bertz CT molecular complexity index is 308. The maximum absolute atomic E-state index is 11.7. The number of aromatic nitrogens is 2. The molecule has 1 aromatic heterocycles. The summed E-state index contributed by atoms with van der Waals surface area (Å²) in [5.74, 6) is 0.113. The summed E-state index contributed by atoms with van der Waals surface area (Å²) < 4.78 is 39.6. The smallest absolute Gasteiger partial charge is 0.422 e. The molecule has 0 saturated carbocycles. The zero-order chi connectivity index (χ0) is 10.6. The lowest BCUT2D eigenvalue weighted by Gasteiger charge is -2.08. The molecule has 0 spiro atoms. The van der Waals surface area contributed by atoms with Crippen LogP contribution in [0.2, 0.25) is 0 Å². The monoisotopic (exact) mass is 243 g/mol. The van der Waals surface area contributed by atoms with Crippen LogP contribution in [0, 0.1) is 0 Å². The third kappa shape index (κ3) is 5.38. The quantitative estimate of drug-likeness (QED) is 0.869. The molecule has 2 N–H and O–H groups in total. The van der Waals surface area contributed by atoms with E-state index in [1.54, 1.807) is 0 Å². The summed E-state index contributed by atoms with van der Waals surface area (Å²) in [4.78, 5) is 7.34. The van der Waals surface area contributed by atoms with Gasteiger partial charge < -0.3 is 10.5 Å². The third-order valence-electron chi connectivity index (χ3n) is 1.25. The molecule has 0 atom stereocenters. The van der Waals surface area contributed by atoms with Gasteiger partial charge in [-0.3, -0.25) is 0 Å². The molecule has 1 rings (SSSR count). The minimum Gasteiger partial charge on any atom is -0.468 e. The first-order chi connectivity index (χ1) is 6.51. The van der Waals surface area contributed by atoms with Crippen molar-refractivity contribution in [1.82, 2.24) is 9.97 Å². The van der Waals surface area contributed by atoms with Crippen molar-refractivity contribution in [2.24, 2.45) is 5.73 Å². The average Bonchev–Trinajstić information content (AvgIpc) is 2.14. The molecule has 0 aliphatic carbocycles. The van der Waals surface area contributed by atoms with E-state index in [0.29, 0.717) is 0 Å². The summed E-state index contributed by atoms with van der Waals surface area (Å²) in [6.45, 7) is -1.31. The van der Waals surface area contributed by atoms with E-state index in [4.69, 9.17) is 5.73 Å². The molecule has 0 aliphatic rings. The standard InChI is InChI=1S/C7H8F3N3O.ClH/c8-7(9,10)4-14-6-1-2-12-5(3-11)13-6;/h1-2H,3-4,11H2;1H. The van der Waals surface area contributed by atoms with Gasteiger partial charge in [-0.25, -0.2) is 4.98 Å². The Balaban J connectivity index is 0.00000196. The van der Waals surface area contributed by atoms with Crippen molar-refractivity contribution in [3.05, 3.63) is 18.1 Å². The lowest BCUT2D eigenvalue weighted by molar-refractivity contribution is -0.154. The Morgan fingerprint density at radius 3 is 2.60 bits per heavy atom. The van der Waals surface area contributed by atoms with Crippen molar-refractivity contribution < 1.29 is 17.9 Å². The normalized spacial score (nSPS) is 10.7. The van der Waals surface area contributed by atoms with Gasteiger partial charge >= 0.3 is 6.18 Å². The largest absolute Gasteiger partial charge is 0.468 e. The van der Waals surface area contributed by atoms with Crippen LogP contribution in [0.25, 0.3) is 0 Å². The first kappa shape index (κ1) is 13.9. The van der Waals surface area contributed by atoms with Crippen molar-refractivity contribution in [3.8, 4) is 5.88 Å². The molecule has 8 heteroatoms. The van der Waals surface area contributed by atoms with Crippen LogP contribution in [0.3, 0.4) is 0 Å². The van der Waals surface area contributed by atoms with Gasteiger partial charge in [0, 0.05) is 12.3 Å². The zero-order valence-corrected chi connectivity index (χ0v) is 8.31. The molecule has 86 valence electrons. The minimum absolute atomic E-state index is 0. The lowest BCUT2D eigenvalue weighted by Crippen LogP contribution is -2.20. The second-order valence-electron chi connectivity index (χ2n) is 2.42. The number of hydrogen-bond acceptors (Lipinski definition) is 4. The highest BCUT2D eigenvalue weighted by Gasteiger charge is 2.28. The maximum atomic E-state index is 11.7. The highest BCUT2D eigenvalue weighted by molar-refractivity contribution is 5.85. The summed E-state index contributed by atoms with van der Waals surface area (Å²) in [7, 11) is 0. The van der Waals surface area contributed by atoms with Crippen LogP contribution < -0.4 is 10.5 Å². The predicted octanol–water partition coefficient (Wildman–Crippen LogP) is 1.30. The highest BCUT2D eigenvalue weighted by atomic mass is 35.5. The number of halogens is 4. The topological polar surface area (TPSA) is 61.0 Å². The fraction of sp³-hybridized carbons (Fsp3) is 0.429. The average molecular weight is 244 g/mol. The first-order valence-corrected chi connectivity index (χ1v) is 3.73. The van der Waals surface area contributed by atoms with E-state index in [1.165, 1.54) is 12.3 Å². The minimum atomic E-state index is -4.37. The van der Waals surface area contributed by atoms with E-state index in [1.807, 2.05) is 0 Å². The molecule has 15 heavy (non-hydrogen) atoms. The predicted molar refractivity (Wildman–Crippen MR) is 48.7 cm³/mol. The Labute approximate surface area is 90.1 Å². The van der Waals surface area contributed by atoms with Gasteiger partial charge in [0.2, 0.25) is 5.88 Å². The Kier molecular flexibility index (Phi) is 5.31. The van der Waals surface area contributed by atoms with Crippen molar-refractivity contribution in [1.29, 1.82) is 0 Å². The molecule has 0 saturated heterocycles. The summed E-state index contributed by atoms with van der Waals surface area (Å²) in [6, 6.07) is 1.24. The van der Waals surface area contributed by atoms with Crippen LogP contribution in [-0.2, 0) is 6.54 Å². The van der Waals surface area contributed by atoms with Crippen LogP contribution in [-0.4, -0.2) is 22.8 Å². The second kappa shape index (κ2) is 5.72. The number of nitrogens with two attached hydrogens (primary N) is 1. The van der Waals surface area contributed by atoms with Gasteiger partial charge in [-0.15, -0.1) is 12.4 Å². The molecule has 1 heterocycles. The van der Waals surface area contributed by atoms with Gasteiger partial charge in [-0.1, -0.05) is 0 Å². The SMILES string of the molecule is Cl.NCc1nccc(OCC(F)(F)F)n1. The zero-order valence-electron chi connectivity index (χ0n) is 7.49. The van der Waals surface area contributed by atoms with Gasteiger partial charge in [0.25, 0.3) is 0 Å². The Hall–Kier alpha value is -1.08. The van der Waals surface area contributed by atoms with Crippen LogP contribution >= 0.6 is 12.4 Å². The van der Waals surface area contributed by atoms with Gasteiger partial charge in [0.05, 0.1) is 6.54 Å². The molecule has 0 unspecified atom stereocenters. The Morgan fingerprint density at radius 2 is 2.07 bits per heavy atom. The molecule has 0 radical (unpaired) electrons. The maximum Gasteiger partial charge on any atom is 0.422 e. The van der Waals surface area contributed by atoms with Crippen molar-refractivity contribution in [3.63, 3.8) is 0 Å². The number of alkyl halides is 3. The summed E-state index contributed by atoms with van der Waals surface area (Å²) in [5.41, 5.74) is 5.20. The fourth-order valence-corrected chi connectivity index (χ4v) is 0.715. The molecular weight excluding hydrogens is 235 g/mol. The summed E-state index contributed by atoms with van der Waals surface area (Å²) in [6.07, 6.45) is -3.07. The van der Waals surface area contributed by atoms with Crippen LogP contribution in [0.4, 0.5) is 13.2 Å². The highest BCUT2D eigenvalue weighted by Crippen LogP contribution is 2.16. The number of nitrogens with zero attached hydrogens (tertiary/aromatic N) is 2. The number of rotatable bonds is 3. The molecule has 0 aliphatic heterocycles. The van der Waals surface area contributed by atoms with E-state index >= 15 is 0 Å². The first-order valence-electron chi connectivity index (χ1n) is 3.73. The number of ether oxygens (including phenoxy) is 1. The van der Waals surface area contributed by atoms with E-state index in [-0.39, 0.29) is 30.7 Å². The molecule has 0 fully saturated rings. The van der Waals surface area contributed by atoms with Gasteiger partial charge in [-0.2, -0.15) is 18.2 Å². The van der Waals surface area contributed by atoms with E-state index in [0.717, 1.165) is 0 Å². The van der Waals surface area contributed by atoms with Crippen molar-refractivity contribution in [2.75, 3.05) is 6.61 Å². The summed E-state index contributed by atoms with van der Waals surface area (Å²) >= 11 is 0. The van der Waals surface area contributed by atoms with Crippen molar-refractivity contribution >= 4 is 12.4 Å². The lowest BCUT2D eigenvalue weighted by atomic mass is 10.5. The van der Waals surface area contributed by atoms with Gasteiger partial charge in [0.15, 0.2) is 6.61 Å². The second-order valence-corrected chi connectivity index (χ2v) is 2.42. The number of hydrogen-bond donors (Lipinski definition) is 1. The molecule has 4 nitrogen and oxygen atoms in total. The van der Waals surface area contributed by atoms with Gasteiger partial charge in [-0.05, 0) is 0 Å². The molecular formula is C7H9ClF3N3O. The van der Waals surface area contributed by atoms with Crippen LogP contribution in [0.15, 0.2) is 12.3 Å². The van der Waals surface area contributed by atoms with E-state index in [2.05, 4.69) is 14.7 Å².